The van der Waals surface area contributed by atoms with Crippen LogP contribution in [0.1, 0.15) is 18.5 Å². The van der Waals surface area contributed by atoms with Gasteiger partial charge in [-0.1, -0.05) is 22.0 Å². The van der Waals surface area contributed by atoms with Crippen molar-refractivity contribution in [1.82, 2.24) is 0 Å². The molecule has 0 saturated carbocycles. The summed E-state index contributed by atoms with van der Waals surface area (Å²) in [7, 11) is 0. The summed E-state index contributed by atoms with van der Waals surface area (Å²) in [4.78, 5) is 0. The molecule has 0 aliphatic carbocycles. The number of halogens is 3. The summed E-state index contributed by atoms with van der Waals surface area (Å²) < 4.78 is 20.3. The largest absolute Gasteiger partial charge is 0.456 e. The van der Waals surface area contributed by atoms with E-state index in [2.05, 4.69) is 31.9 Å². The van der Waals surface area contributed by atoms with Crippen LogP contribution in [-0.4, -0.2) is 0 Å². The summed E-state index contributed by atoms with van der Waals surface area (Å²) in [6.45, 7) is 1.88. The Morgan fingerprint density at radius 3 is 2.47 bits per heavy atom. The minimum atomic E-state index is -0.319. The van der Waals surface area contributed by atoms with Gasteiger partial charge in [-0.2, -0.15) is 0 Å². The zero-order valence-corrected chi connectivity index (χ0v) is 13.3. The number of nitrogens with two attached hydrogens (primary N) is 1. The molecule has 19 heavy (non-hydrogen) atoms. The Kier molecular flexibility index (Phi) is 4.60. The summed E-state index contributed by atoms with van der Waals surface area (Å²) >= 11 is 6.67. The first-order valence-electron chi connectivity index (χ1n) is 5.65. The fourth-order valence-electron chi connectivity index (χ4n) is 1.65. The van der Waals surface area contributed by atoms with Crippen molar-refractivity contribution in [3.8, 4) is 11.5 Å². The summed E-state index contributed by atoms with van der Waals surface area (Å²) in [5.41, 5.74) is 6.80. The van der Waals surface area contributed by atoms with E-state index in [1.165, 1.54) is 12.1 Å². The molecule has 0 aromatic heterocycles. The Labute approximate surface area is 128 Å². The molecular weight excluding hydrogens is 377 g/mol. The minimum absolute atomic E-state index is 0.151. The summed E-state index contributed by atoms with van der Waals surface area (Å²) in [6.07, 6.45) is 0. The Balaban J connectivity index is 2.39. The summed E-state index contributed by atoms with van der Waals surface area (Å²) in [5, 5.41) is 0. The topological polar surface area (TPSA) is 35.2 Å². The van der Waals surface area contributed by atoms with Gasteiger partial charge in [-0.3, -0.25) is 0 Å². The van der Waals surface area contributed by atoms with Crippen molar-refractivity contribution < 1.29 is 9.13 Å². The van der Waals surface area contributed by atoms with Gasteiger partial charge in [0.25, 0.3) is 0 Å². The maximum atomic E-state index is 13.0. The number of hydrogen-bond acceptors (Lipinski definition) is 2. The molecule has 2 aromatic carbocycles. The Morgan fingerprint density at radius 1 is 1.11 bits per heavy atom. The molecule has 0 fully saturated rings. The smallest absolute Gasteiger partial charge is 0.141 e. The van der Waals surface area contributed by atoms with Crippen LogP contribution in [0.4, 0.5) is 4.39 Å². The molecule has 0 radical (unpaired) electrons. The maximum absolute atomic E-state index is 13.0. The van der Waals surface area contributed by atoms with Crippen molar-refractivity contribution in [2.24, 2.45) is 5.73 Å². The lowest BCUT2D eigenvalue weighted by Gasteiger charge is -2.15. The van der Waals surface area contributed by atoms with Gasteiger partial charge < -0.3 is 10.5 Å². The molecule has 0 spiro atoms. The van der Waals surface area contributed by atoms with Crippen LogP contribution >= 0.6 is 31.9 Å². The SMILES string of the molecule is CC(N)c1ccc(Br)cc1Oc1ccc(F)cc1Br. The van der Waals surface area contributed by atoms with Gasteiger partial charge in [0.2, 0.25) is 0 Å². The molecule has 1 unspecified atom stereocenters. The third-order valence-electron chi connectivity index (χ3n) is 2.58. The van der Waals surface area contributed by atoms with Crippen molar-refractivity contribution in [1.29, 1.82) is 0 Å². The molecule has 0 amide bonds. The molecule has 2 N–H and O–H groups in total. The molecule has 100 valence electrons. The zero-order valence-electron chi connectivity index (χ0n) is 10.2. The molecule has 0 aliphatic heterocycles. The van der Waals surface area contributed by atoms with E-state index < -0.39 is 0 Å². The first-order valence-corrected chi connectivity index (χ1v) is 7.24. The van der Waals surface area contributed by atoms with Crippen molar-refractivity contribution in [3.05, 3.63) is 56.7 Å². The highest BCUT2D eigenvalue weighted by molar-refractivity contribution is 9.10. The van der Waals surface area contributed by atoms with Gasteiger partial charge >= 0.3 is 0 Å². The number of benzene rings is 2. The second kappa shape index (κ2) is 6.03. The van der Waals surface area contributed by atoms with Crippen molar-refractivity contribution in [2.75, 3.05) is 0 Å². The van der Waals surface area contributed by atoms with E-state index >= 15 is 0 Å². The third kappa shape index (κ3) is 3.55. The maximum Gasteiger partial charge on any atom is 0.141 e. The van der Waals surface area contributed by atoms with E-state index in [1.807, 2.05) is 25.1 Å². The van der Waals surface area contributed by atoms with Crippen LogP contribution in [0.2, 0.25) is 0 Å². The van der Waals surface area contributed by atoms with Gasteiger partial charge in [0.15, 0.2) is 0 Å². The molecular formula is C14H12Br2FNO. The Bertz CT molecular complexity index is 602. The zero-order chi connectivity index (χ0) is 14.0. The summed E-state index contributed by atoms with van der Waals surface area (Å²) in [5.74, 6) is 0.874. The van der Waals surface area contributed by atoms with Crippen molar-refractivity contribution in [2.45, 2.75) is 13.0 Å². The molecule has 0 aliphatic rings. The van der Waals surface area contributed by atoms with E-state index in [1.54, 1.807) is 6.07 Å². The second-order valence-electron chi connectivity index (χ2n) is 4.15. The van der Waals surface area contributed by atoms with Gasteiger partial charge in [-0.15, -0.1) is 0 Å². The summed E-state index contributed by atoms with van der Waals surface area (Å²) in [6, 6.07) is 9.79. The lowest BCUT2D eigenvalue weighted by Crippen LogP contribution is -2.06. The quantitative estimate of drug-likeness (QED) is 0.787. The van der Waals surface area contributed by atoms with Gasteiger partial charge in [0.1, 0.15) is 17.3 Å². The van der Waals surface area contributed by atoms with Gasteiger partial charge in [-0.25, -0.2) is 4.39 Å². The lowest BCUT2D eigenvalue weighted by molar-refractivity contribution is 0.467. The fraction of sp³-hybridized carbons (Fsp3) is 0.143. The Hall–Kier alpha value is -0.910. The molecule has 0 bridgehead atoms. The highest BCUT2D eigenvalue weighted by atomic mass is 79.9. The Morgan fingerprint density at radius 2 is 1.84 bits per heavy atom. The van der Waals surface area contributed by atoms with E-state index in [0.717, 1.165) is 10.0 Å². The average Bonchev–Trinajstić information content (AvgIpc) is 2.32. The highest BCUT2D eigenvalue weighted by Gasteiger charge is 2.11. The van der Waals surface area contributed by atoms with E-state index in [9.17, 15) is 4.39 Å². The molecule has 0 heterocycles. The highest BCUT2D eigenvalue weighted by Crippen LogP contribution is 2.35. The van der Waals surface area contributed by atoms with Crippen LogP contribution in [0.3, 0.4) is 0 Å². The number of ether oxygens (including phenoxy) is 1. The van der Waals surface area contributed by atoms with Crippen LogP contribution in [0.25, 0.3) is 0 Å². The lowest BCUT2D eigenvalue weighted by atomic mass is 10.1. The minimum Gasteiger partial charge on any atom is -0.456 e. The van der Waals surface area contributed by atoms with Crippen LogP contribution in [0, 0.1) is 5.82 Å². The number of hydrogen-bond donors (Lipinski definition) is 1. The van der Waals surface area contributed by atoms with Crippen LogP contribution in [0.5, 0.6) is 11.5 Å². The molecule has 1 atom stereocenters. The van der Waals surface area contributed by atoms with Gasteiger partial charge in [0, 0.05) is 16.1 Å². The third-order valence-corrected chi connectivity index (χ3v) is 3.69. The number of rotatable bonds is 3. The van der Waals surface area contributed by atoms with Crippen LogP contribution < -0.4 is 10.5 Å². The molecule has 0 saturated heterocycles. The normalized spacial score (nSPS) is 12.3. The predicted octanol–water partition coefficient (Wildman–Crippen LogP) is 5.16. The first-order chi connectivity index (χ1) is 8.97. The van der Waals surface area contributed by atoms with Gasteiger partial charge in [-0.05, 0) is 53.2 Å². The molecule has 2 nitrogen and oxygen atoms in total. The molecule has 2 aromatic rings. The average molecular weight is 389 g/mol. The van der Waals surface area contributed by atoms with E-state index in [4.69, 9.17) is 10.5 Å². The second-order valence-corrected chi connectivity index (χ2v) is 5.92. The van der Waals surface area contributed by atoms with Gasteiger partial charge in [0.05, 0.1) is 4.47 Å². The first kappa shape index (κ1) is 14.5. The van der Waals surface area contributed by atoms with Crippen molar-refractivity contribution in [3.63, 3.8) is 0 Å². The van der Waals surface area contributed by atoms with E-state index in [-0.39, 0.29) is 11.9 Å². The fourth-order valence-corrected chi connectivity index (χ4v) is 2.42. The molecule has 2 rings (SSSR count). The van der Waals surface area contributed by atoms with E-state index in [0.29, 0.717) is 16.0 Å². The van der Waals surface area contributed by atoms with Crippen LogP contribution in [0.15, 0.2) is 45.3 Å². The standard InChI is InChI=1S/C14H12Br2FNO/c1-8(18)11-4-2-9(15)6-14(11)19-13-5-3-10(17)7-12(13)16/h2-8H,18H2,1H3. The van der Waals surface area contributed by atoms with Crippen molar-refractivity contribution >= 4 is 31.9 Å². The molecule has 5 heteroatoms. The monoisotopic (exact) mass is 387 g/mol. The predicted molar refractivity (Wildman–Crippen MR) is 80.9 cm³/mol. The van der Waals surface area contributed by atoms with Crippen LogP contribution in [-0.2, 0) is 0 Å².